The molecule has 0 atom stereocenters. The van der Waals surface area contributed by atoms with E-state index in [9.17, 15) is 13.6 Å². The van der Waals surface area contributed by atoms with Gasteiger partial charge in [0.15, 0.2) is 11.6 Å². The van der Waals surface area contributed by atoms with Gasteiger partial charge in [0.2, 0.25) is 0 Å². The molecular weight excluding hydrogens is 258 g/mol. The first-order valence-electron chi connectivity index (χ1n) is 3.86. The van der Waals surface area contributed by atoms with Gasteiger partial charge >= 0.3 is 5.97 Å². The maximum atomic E-state index is 13.0. The molecule has 0 aromatic heterocycles. The van der Waals surface area contributed by atoms with Crippen molar-refractivity contribution in [3.05, 3.63) is 33.8 Å². The molecule has 2 nitrogen and oxygen atoms in total. The number of carboxylic acids is 1. The minimum absolute atomic E-state index is 0.0163. The maximum absolute atomic E-state index is 13.0. The van der Waals surface area contributed by atoms with Gasteiger partial charge in [0.1, 0.15) is 0 Å². The van der Waals surface area contributed by atoms with E-state index in [1.165, 1.54) is 6.07 Å². The lowest BCUT2D eigenvalue weighted by molar-refractivity contribution is -0.136. The first-order chi connectivity index (χ1) is 6.50. The van der Waals surface area contributed by atoms with E-state index in [0.29, 0.717) is 4.47 Å². The van der Waals surface area contributed by atoms with Gasteiger partial charge in [-0.2, -0.15) is 0 Å². The van der Waals surface area contributed by atoms with Gasteiger partial charge in [-0.1, -0.05) is 15.9 Å². The summed E-state index contributed by atoms with van der Waals surface area (Å²) in [7, 11) is 0. The van der Waals surface area contributed by atoms with E-state index in [1.54, 1.807) is 0 Å². The lowest BCUT2D eigenvalue weighted by Gasteiger charge is -2.03. The number of hydrogen-bond acceptors (Lipinski definition) is 1. The molecule has 0 aliphatic rings. The van der Waals surface area contributed by atoms with Crippen LogP contribution in [0.15, 0.2) is 16.6 Å². The maximum Gasteiger partial charge on any atom is 0.303 e. The monoisotopic (exact) mass is 264 g/mol. The van der Waals surface area contributed by atoms with Crippen LogP contribution in [0.2, 0.25) is 0 Å². The topological polar surface area (TPSA) is 37.3 Å². The zero-order chi connectivity index (χ0) is 10.7. The van der Waals surface area contributed by atoms with Crippen molar-refractivity contribution in [1.29, 1.82) is 0 Å². The normalized spacial score (nSPS) is 10.2. The fourth-order valence-corrected chi connectivity index (χ4v) is 1.51. The van der Waals surface area contributed by atoms with Gasteiger partial charge in [0.05, 0.1) is 0 Å². The van der Waals surface area contributed by atoms with Crippen molar-refractivity contribution in [3.8, 4) is 0 Å². The fraction of sp³-hybridized carbons (Fsp3) is 0.222. The number of carbonyl (C=O) groups is 1. The van der Waals surface area contributed by atoms with E-state index >= 15 is 0 Å². The molecule has 0 aliphatic carbocycles. The number of aliphatic carboxylic acids is 1. The average Bonchev–Trinajstić information content (AvgIpc) is 2.08. The van der Waals surface area contributed by atoms with Crippen LogP contribution in [0.3, 0.4) is 0 Å². The Kier molecular flexibility index (Phi) is 3.57. The van der Waals surface area contributed by atoms with Crippen LogP contribution < -0.4 is 0 Å². The van der Waals surface area contributed by atoms with Crippen molar-refractivity contribution in [2.24, 2.45) is 0 Å². The summed E-state index contributed by atoms with van der Waals surface area (Å²) in [6.07, 6.45) is -0.232. The standard InChI is InChI=1S/C9H7BrF2O2/c10-6-3-5(1-2-8(13)14)9(12)7(11)4-6/h3-4H,1-2H2,(H,13,14). The molecular formula is C9H7BrF2O2. The van der Waals surface area contributed by atoms with Crippen molar-refractivity contribution in [2.45, 2.75) is 12.8 Å². The fourth-order valence-electron chi connectivity index (χ4n) is 1.03. The molecule has 1 N–H and O–H groups in total. The summed E-state index contributed by atoms with van der Waals surface area (Å²) >= 11 is 3.00. The van der Waals surface area contributed by atoms with Gasteiger partial charge in [-0.3, -0.25) is 4.79 Å². The number of halogens is 3. The van der Waals surface area contributed by atoms with Crippen molar-refractivity contribution in [2.75, 3.05) is 0 Å². The molecule has 1 aromatic rings. The van der Waals surface area contributed by atoms with Crippen molar-refractivity contribution in [3.63, 3.8) is 0 Å². The Labute approximate surface area is 87.7 Å². The van der Waals surface area contributed by atoms with Gasteiger partial charge in [0.25, 0.3) is 0 Å². The summed E-state index contributed by atoms with van der Waals surface area (Å²) < 4.78 is 26.3. The quantitative estimate of drug-likeness (QED) is 0.853. The summed E-state index contributed by atoms with van der Waals surface area (Å²) in [5.74, 6) is -2.99. The number of aryl methyl sites for hydroxylation is 1. The van der Waals surface area contributed by atoms with Crippen LogP contribution in [-0.2, 0) is 11.2 Å². The first kappa shape index (κ1) is 11.1. The van der Waals surface area contributed by atoms with E-state index in [-0.39, 0.29) is 18.4 Å². The number of benzene rings is 1. The summed E-state index contributed by atoms with van der Waals surface area (Å²) in [5.41, 5.74) is 0.0688. The predicted molar refractivity (Wildman–Crippen MR) is 50.0 cm³/mol. The molecule has 5 heteroatoms. The van der Waals surface area contributed by atoms with E-state index in [0.717, 1.165) is 6.07 Å². The first-order valence-corrected chi connectivity index (χ1v) is 4.65. The molecule has 0 aliphatic heterocycles. The highest BCUT2D eigenvalue weighted by atomic mass is 79.9. The molecule has 0 bridgehead atoms. The Hall–Kier alpha value is -0.970. The highest BCUT2D eigenvalue weighted by Gasteiger charge is 2.10. The average molecular weight is 265 g/mol. The SMILES string of the molecule is O=C(O)CCc1cc(Br)cc(F)c1F. The highest BCUT2D eigenvalue weighted by Crippen LogP contribution is 2.20. The molecule has 0 amide bonds. The minimum Gasteiger partial charge on any atom is -0.481 e. The zero-order valence-electron chi connectivity index (χ0n) is 7.06. The largest absolute Gasteiger partial charge is 0.481 e. The molecule has 0 radical (unpaired) electrons. The van der Waals surface area contributed by atoms with Gasteiger partial charge in [-0.15, -0.1) is 0 Å². The van der Waals surface area contributed by atoms with Crippen molar-refractivity contribution >= 4 is 21.9 Å². The van der Waals surface area contributed by atoms with E-state index in [1.807, 2.05) is 0 Å². The van der Waals surface area contributed by atoms with Crippen LogP contribution in [0.4, 0.5) is 8.78 Å². The van der Waals surface area contributed by atoms with Crippen LogP contribution in [-0.4, -0.2) is 11.1 Å². The Morgan fingerprint density at radius 3 is 2.64 bits per heavy atom. The molecule has 1 aromatic carbocycles. The van der Waals surface area contributed by atoms with Crippen molar-refractivity contribution < 1.29 is 18.7 Å². The predicted octanol–water partition coefficient (Wildman–Crippen LogP) is 2.74. The number of rotatable bonds is 3. The molecule has 0 spiro atoms. The molecule has 0 fully saturated rings. The lowest BCUT2D eigenvalue weighted by atomic mass is 10.1. The smallest absolute Gasteiger partial charge is 0.303 e. The third-order valence-electron chi connectivity index (χ3n) is 1.68. The third kappa shape index (κ3) is 2.77. The Balaban J connectivity index is 2.90. The van der Waals surface area contributed by atoms with E-state index < -0.39 is 17.6 Å². The molecule has 0 unspecified atom stereocenters. The van der Waals surface area contributed by atoms with Gasteiger partial charge in [0, 0.05) is 10.9 Å². The second-order valence-corrected chi connectivity index (χ2v) is 3.67. The molecule has 76 valence electrons. The minimum atomic E-state index is -1.04. The van der Waals surface area contributed by atoms with Gasteiger partial charge < -0.3 is 5.11 Å². The lowest BCUT2D eigenvalue weighted by Crippen LogP contribution is -2.01. The summed E-state index contributed by atoms with van der Waals surface area (Å²) in [6.45, 7) is 0. The van der Waals surface area contributed by atoms with Crippen LogP contribution in [0.25, 0.3) is 0 Å². The van der Waals surface area contributed by atoms with Crippen LogP contribution >= 0.6 is 15.9 Å². The second kappa shape index (κ2) is 4.50. The molecule has 14 heavy (non-hydrogen) atoms. The van der Waals surface area contributed by atoms with Gasteiger partial charge in [-0.05, 0) is 24.1 Å². The summed E-state index contributed by atoms with van der Waals surface area (Å²) in [5, 5.41) is 8.38. The summed E-state index contributed by atoms with van der Waals surface area (Å²) in [4.78, 5) is 10.2. The van der Waals surface area contributed by atoms with E-state index in [4.69, 9.17) is 5.11 Å². The second-order valence-electron chi connectivity index (χ2n) is 2.75. The highest BCUT2D eigenvalue weighted by molar-refractivity contribution is 9.10. The summed E-state index contributed by atoms with van der Waals surface area (Å²) in [6, 6.07) is 2.38. The Bertz CT molecular complexity index is 366. The van der Waals surface area contributed by atoms with Crippen molar-refractivity contribution in [1.82, 2.24) is 0 Å². The Morgan fingerprint density at radius 2 is 2.07 bits per heavy atom. The molecule has 0 saturated heterocycles. The van der Waals surface area contributed by atoms with Gasteiger partial charge in [-0.25, -0.2) is 8.78 Å². The van der Waals surface area contributed by atoms with Crippen LogP contribution in [0.5, 0.6) is 0 Å². The number of hydrogen-bond donors (Lipinski definition) is 1. The molecule has 0 heterocycles. The zero-order valence-corrected chi connectivity index (χ0v) is 8.64. The third-order valence-corrected chi connectivity index (χ3v) is 2.13. The Morgan fingerprint density at radius 1 is 1.43 bits per heavy atom. The number of carboxylic acid groups (broad SMARTS) is 1. The van der Waals surface area contributed by atoms with E-state index in [2.05, 4.69) is 15.9 Å². The molecule has 0 saturated carbocycles. The van der Waals surface area contributed by atoms with Crippen LogP contribution in [0.1, 0.15) is 12.0 Å². The van der Waals surface area contributed by atoms with Crippen LogP contribution in [0, 0.1) is 11.6 Å². The molecule has 1 rings (SSSR count).